The molecule has 17 heavy (non-hydrogen) atoms. The number of rotatable bonds is 1. The third kappa shape index (κ3) is 2.17. The molecule has 2 aliphatic rings. The second kappa shape index (κ2) is 4.10. The molecule has 0 aliphatic heterocycles. The van der Waals surface area contributed by atoms with E-state index in [-0.39, 0.29) is 11.8 Å². The number of fused-ring (bicyclic) bond motifs is 1. The Bertz CT molecular complexity index is 326. The molecule has 1 fully saturated rings. The molecule has 0 spiro atoms. The Hall–Kier alpha value is -0.340. The molecule has 2 aliphatic carbocycles. The van der Waals surface area contributed by atoms with Gasteiger partial charge in [0.2, 0.25) is 0 Å². The van der Waals surface area contributed by atoms with Gasteiger partial charge < -0.3 is 10.2 Å². The third-order valence-corrected chi connectivity index (χ3v) is 5.07. The smallest absolute Gasteiger partial charge is 0.0742 e. The molecule has 0 unspecified atom stereocenters. The molecule has 0 aromatic rings. The lowest BCUT2D eigenvalue weighted by Gasteiger charge is -2.53. The van der Waals surface area contributed by atoms with Crippen LogP contribution in [-0.2, 0) is 0 Å². The second-order valence-electron chi connectivity index (χ2n) is 6.77. The molecule has 0 saturated heterocycles. The predicted octanol–water partition coefficient (Wildman–Crippen LogP) is 2.89. The summed E-state index contributed by atoms with van der Waals surface area (Å²) in [7, 11) is 0. The molecular weight excluding hydrogens is 212 g/mol. The highest BCUT2D eigenvalue weighted by Crippen LogP contribution is 2.51. The van der Waals surface area contributed by atoms with E-state index in [2.05, 4.69) is 19.9 Å². The molecule has 2 rings (SSSR count). The Labute approximate surface area is 105 Å². The molecule has 4 atom stereocenters. The Morgan fingerprint density at radius 3 is 2.59 bits per heavy atom. The largest absolute Gasteiger partial charge is 0.390 e. The highest BCUT2D eigenvalue weighted by molar-refractivity contribution is 5.18. The van der Waals surface area contributed by atoms with E-state index in [4.69, 9.17) is 0 Å². The lowest BCUT2D eigenvalue weighted by molar-refractivity contribution is -0.143. The van der Waals surface area contributed by atoms with Crippen LogP contribution in [0.3, 0.4) is 0 Å². The molecule has 98 valence electrons. The monoisotopic (exact) mass is 238 g/mol. The summed E-state index contributed by atoms with van der Waals surface area (Å²) < 4.78 is 0. The van der Waals surface area contributed by atoms with Gasteiger partial charge in [-0.3, -0.25) is 0 Å². The molecule has 2 N–H and O–H groups in total. The molecule has 0 amide bonds. The summed E-state index contributed by atoms with van der Waals surface area (Å²) in [6, 6.07) is 0. The first-order valence-electron chi connectivity index (χ1n) is 6.87. The zero-order chi connectivity index (χ0) is 12.8. The van der Waals surface area contributed by atoms with E-state index in [1.165, 1.54) is 5.57 Å². The van der Waals surface area contributed by atoms with E-state index in [1.54, 1.807) is 0 Å². The third-order valence-electron chi connectivity index (χ3n) is 5.07. The number of aliphatic hydroxyl groups is 2. The van der Waals surface area contributed by atoms with Crippen LogP contribution in [-0.4, -0.2) is 21.4 Å². The zero-order valence-corrected chi connectivity index (χ0v) is 11.5. The van der Waals surface area contributed by atoms with Crippen molar-refractivity contribution in [3.63, 3.8) is 0 Å². The minimum atomic E-state index is -0.701. The number of allylic oxidation sites excluding steroid dienone is 1. The van der Waals surface area contributed by atoms with E-state index in [9.17, 15) is 10.2 Å². The fraction of sp³-hybridized carbons (Fsp3) is 0.867. The van der Waals surface area contributed by atoms with Crippen LogP contribution < -0.4 is 0 Å². The van der Waals surface area contributed by atoms with Crippen LogP contribution in [0, 0.1) is 17.8 Å². The molecule has 0 heterocycles. The van der Waals surface area contributed by atoms with E-state index in [0.717, 1.165) is 25.7 Å². The number of hydrogen-bond donors (Lipinski definition) is 2. The highest BCUT2D eigenvalue weighted by Gasteiger charge is 2.52. The van der Waals surface area contributed by atoms with Gasteiger partial charge in [-0.25, -0.2) is 0 Å². The van der Waals surface area contributed by atoms with Crippen molar-refractivity contribution in [2.75, 3.05) is 0 Å². The van der Waals surface area contributed by atoms with Gasteiger partial charge in [0.1, 0.15) is 0 Å². The van der Waals surface area contributed by atoms with Crippen molar-refractivity contribution >= 4 is 0 Å². The van der Waals surface area contributed by atoms with Gasteiger partial charge >= 0.3 is 0 Å². The van der Waals surface area contributed by atoms with Crippen molar-refractivity contribution in [2.24, 2.45) is 17.8 Å². The average Bonchev–Trinajstić information content (AvgIpc) is 2.20. The maximum absolute atomic E-state index is 11.0. The zero-order valence-electron chi connectivity index (χ0n) is 11.5. The quantitative estimate of drug-likeness (QED) is 0.690. The topological polar surface area (TPSA) is 40.5 Å². The summed E-state index contributed by atoms with van der Waals surface area (Å²) in [4.78, 5) is 0. The van der Waals surface area contributed by atoms with Crippen LogP contribution in [0.2, 0.25) is 0 Å². The average molecular weight is 238 g/mol. The molecule has 0 aromatic carbocycles. The Kier molecular flexibility index (Phi) is 3.16. The van der Waals surface area contributed by atoms with Gasteiger partial charge in [0.05, 0.1) is 11.2 Å². The number of hydrogen-bond acceptors (Lipinski definition) is 2. The first-order chi connectivity index (χ1) is 7.75. The van der Waals surface area contributed by atoms with E-state index in [1.807, 2.05) is 13.8 Å². The fourth-order valence-corrected chi connectivity index (χ4v) is 3.79. The van der Waals surface area contributed by atoms with Crippen molar-refractivity contribution in [1.29, 1.82) is 0 Å². The Morgan fingerprint density at radius 2 is 2.00 bits per heavy atom. The fourth-order valence-electron chi connectivity index (χ4n) is 3.79. The maximum Gasteiger partial charge on any atom is 0.0742 e. The van der Waals surface area contributed by atoms with Crippen LogP contribution in [0.1, 0.15) is 53.4 Å². The minimum Gasteiger partial charge on any atom is -0.390 e. The van der Waals surface area contributed by atoms with E-state index in [0.29, 0.717) is 5.92 Å². The van der Waals surface area contributed by atoms with E-state index >= 15 is 0 Å². The predicted molar refractivity (Wildman–Crippen MR) is 69.6 cm³/mol. The first kappa shape index (κ1) is 13.1. The maximum atomic E-state index is 11.0. The molecule has 0 bridgehead atoms. The molecule has 2 nitrogen and oxygen atoms in total. The summed E-state index contributed by atoms with van der Waals surface area (Å²) in [6.45, 7) is 8.06. The summed E-state index contributed by atoms with van der Waals surface area (Å²) in [5, 5.41) is 21.3. The van der Waals surface area contributed by atoms with Gasteiger partial charge in [-0.15, -0.1) is 0 Å². The van der Waals surface area contributed by atoms with Gasteiger partial charge in [0.25, 0.3) is 0 Å². The lowest BCUT2D eigenvalue weighted by Crippen LogP contribution is -2.55. The van der Waals surface area contributed by atoms with Gasteiger partial charge in [-0.2, -0.15) is 0 Å². The van der Waals surface area contributed by atoms with Crippen molar-refractivity contribution in [1.82, 2.24) is 0 Å². The van der Waals surface area contributed by atoms with Crippen LogP contribution in [0.4, 0.5) is 0 Å². The summed E-state index contributed by atoms with van der Waals surface area (Å²) >= 11 is 0. The molecule has 0 radical (unpaired) electrons. The van der Waals surface area contributed by atoms with Crippen molar-refractivity contribution in [3.8, 4) is 0 Å². The first-order valence-corrected chi connectivity index (χ1v) is 6.87. The minimum absolute atomic E-state index is 0.125. The molecule has 0 aromatic heterocycles. The van der Waals surface area contributed by atoms with Gasteiger partial charge in [-0.1, -0.05) is 18.6 Å². The molecule has 1 saturated carbocycles. The van der Waals surface area contributed by atoms with Gasteiger partial charge in [0.15, 0.2) is 0 Å². The van der Waals surface area contributed by atoms with Crippen LogP contribution >= 0.6 is 0 Å². The van der Waals surface area contributed by atoms with Crippen LogP contribution in [0.15, 0.2) is 11.6 Å². The van der Waals surface area contributed by atoms with Crippen LogP contribution in [0.5, 0.6) is 0 Å². The summed E-state index contributed by atoms with van der Waals surface area (Å²) in [5.74, 6) is 0.648. The Balaban J connectivity index is 2.37. The summed E-state index contributed by atoms with van der Waals surface area (Å²) in [5.41, 5.74) is 0.0676. The van der Waals surface area contributed by atoms with Gasteiger partial charge in [-0.05, 0) is 58.3 Å². The lowest BCUT2D eigenvalue weighted by atomic mass is 9.56. The molecular formula is C15H26O2. The van der Waals surface area contributed by atoms with Gasteiger partial charge in [0, 0.05) is 5.92 Å². The Morgan fingerprint density at radius 1 is 1.35 bits per heavy atom. The van der Waals surface area contributed by atoms with Crippen molar-refractivity contribution < 1.29 is 10.2 Å². The summed E-state index contributed by atoms with van der Waals surface area (Å²) in [6.07, 6.45) is 6.11. The van der Waals surface area contributed by atoms with Crippen LogP contribution in [0.25, 0.3) is 0 Å². The normalized spacial score (nSPS) is 42.9. The van der Waals surface area contributed by atoms with E-state index < -0.39 is 11.2 Å². The van der Waals surface area contributed by atoms with Crippen molar-refractivity contribution in [3.05, 3.63) is 11.6 Å². The second-order valence-corrected chi connectivity index (χ2v) is 6.77. The molecule has 2 heteroatoms. The van der Waals surface area contributed by atoms with Crippen molar-refractivity contribution in [2.45, 2.75) is 64.6 Å². The highest BCUT2D eigenvalue weighted by atomic mass is 16.3. The SMILES string of the molecule is CC1=C[C@H]2[C@H](C(C)(C)O)CC[C@@H](C)[C@@]2(O)CC1. The standard InChI is InChI=1S/C15H26O2/c1-10-7-8-15(17)11(2)5-6-12(13(15)9-10)14(3,4)16/h9,11-13,16-17H,5-8H2,1-4H3/t11-,12-,13+,15+/m1/s1.